The molecule has 0 saturated heterocycles. The Hall–Kier alpha value is -2.51. The number of rotatable bonds is 3. The fourth-order valence-corrected chi connectivity index (χ4v) is 2.66. The highest BCUT2D eigenvalue weighted by atomic mass is 32.2. The van der Waals surface area contributed by atoms with E-state index in [1.165, 1.54) is 20.2 Å². The molecule has 1 heterocycles. The molecule has 0 bridgehead atoms. The van der Waals surface area contributed by atoms with Crippen molar-refractivity contribution in [3.05, 3.63) is 34.1 Å². The maximum atomic E-state index is 12.2. The number of aromatic nitrogens is 2. The predicted molar refractivity (Wildman–Crippen MR) is 69.1 cm³/mol. The van der Waals surface area contributed by atoms with E-state index in [4.69, 9.17) is 5.26 Å². The van der Waals surface area contributed by atoms with Crippen LogP contribution in [0.3, 0.4) is 0 Å². The molecule has 9 nitrogen and oxygen atoms in total. The summed E-state index contributed by atoms with van der Waals surface area (Å²) >= 11 is 0. The number of non-ortho nitro benzene ring substituents is 1. The molecule has 0 aliphatic carbocycles. The largest absolute Gasteiger partial charge is 0.309 e. The Labute approximate surface area is 114 Å². The van der Waals surface area contributed by atoms with Gasteiger partial charge in [0.05, 0.1) is 16.0 Å². The lowest BCUT2D eigenvalue weighted by Gasteiger charge is -2.13. The zero-order valence-electron chi connectivity index (χ0n) is 10.5. The summed E-state index contributed by atoms with van der Waals surface area (Å²) in [4.78, 5) is 13.9. The fourth-order valence-electron chi connectivity index (χ4n) is 1.63. The van der Waals surface area contributed by atoms with Crippen molar-refractivity contribution in [2.75, 3.05) is 14.1 Å². The van der Waals surface area contributed by atoms with E-state index in [-0.39, 0.29) is 22.5 Å². The van der Waals surface area contributed by atoms with Gasteiger partial charge in [-0.1, -0.05) is 0 Å². The van der Waals surface area contributed by atoms with Crippen molar-refractivity contribution in [1.82, 2.24) is 13.3 Å². The second kappa shape index (κ2) is 4.55. The molecule has 0 fully saturated rings. The van der Waals surface area contributed by atoms with Gasteiger partial charge in [0.2, 0.25) is 5.82 Å². The first-order valence-corrected chi connectivity index (χ1v) is 6.68. The highest BCUT2D eigenvalue weighted by molar-refractivity contribution is 7.87. The Balaban J connectivity index is 2.85. The average Bonchev–Trinajstić information content (AvgIpc) is 2.76. The molecule has 10 heteroatoms. The maximum absolute atomic E-state index is 12.2. The minimum absolute atomic E-state index is 0.0705. The van der Waals surface area contributed by atoms with E-state index in [0.717, 1.165) is 20.4 Å². The SMILES string of the molecule is CN(C)S(=O)(=O)n1c(C#N)nc2cc([N+](=O)[O-])ccc21. The molecule has 2 rings (SSSR count). The zero-order valence-corrected chi connectivity index (χ0v) is 11.3. The number of nitro benzene ring substituents is 1. The molecule has 104 valence electrons. The number of imidazole rings is 1. The van der Waals surface area contributed by atoms with Crippen LogP contribution in [0, 0.1) is 21.4 Å². The maximum Gasteiger partial charge on any atom is 0.309 e. The smallest absolute Gasteiger partial charge is 0.258 e. The number of nitriles is 1. The Bertz CT molecular complexity index is 846. The number of fused-ring (bicyclic) bond motifs is 1. The molecule has 0 spiro atoms. The van der Waals surface area contributed by atoms with Crippen molar-refractivity contribution in [3.8, 4) is 6.07 Å². The highest BCUT2D eigenvalue weighted by Gasteiger charge is 2.25. The molecule has 2 aromatic rings. The van der Waals surface area contributed by atoms with Gasteiger partial charge >= 0.3 is 10.2 Å². The Kier molecular flexibility index (Phi) is 3.16. The van der Waals surface area contributed by atoms with Crippen molar-refractivity contribution in [1.29, 1.82) is 5.26 Å². The van der Waals surface area contributed by atoms with E-state index in [1.807, 2.05) is 0 Å². The normalized spacial score (nSPS) is 11.7. The molecular formula is C10H9N5O4S. The number of hydrogen-bond acceptors (Lipinski definition) is 6. The average molecular weight is 295 g/mol. The van der Waals surface area contributed by atoms with Crippen LogP contribution >= 0.6 is 0 Å². The van der Waals surface area contributed by atoms with E-state index in [0.29, 0.717) is 0 Å². The van der Waals surface area contributed by atoms with Crippen molar-refractivity contribution in [3.63, 3.8) is 0 Å². The van der Waals surface area contributed by atoms with Gasteiger partial charge in [-0.2, -0.15) is 22.0 Å². The van der Waals surface area contributed by atoms with Gasteiger partial charge in [0, 0.05) is 26.2 Å². The number of benzene rings is 1. The Morgan fingerprint density at radius 1 is 1.45 bits per heavy atom. The summed E-state index contributed by atoms with van der Waals surface area (Å²) < 4.78 is 26.0. The predicted octanol–water partition coefficient (Wildman–Crippen LogP) is 0.471. The Morgan fingerprint density at radius 2 is 2.10 bits per heavy atom. The minimum Gasteiger partial charge on any atom is -0.258 e. The summed E-state index contributed by atoms with van der Waals surface area (Å²) in [7, 11) is -1.31. The molecule has 20 heavy (non-hydrogen) atoms. The van der Waals surface area contributed by atoms with Gasteiger partial charge < -0.3 is 0 Å². The molecule has 0 N–H and O–H groups in total. The molecule has 1 aromatic carbocycles. The molecule has 0 aliphatic heterocycles. The zero-order chi connectivity index (χ0) is 15.1. The summed E-state index contributed by atoms with van der Waals surface area (Å²) in [6, 6.07) is 5.21. The summed E-state index contributed by atoms with van der Waals surface area (Å²) in [6.45, 7) is 0. The molecule has 0 amide bonds. The van der Waals surface area contributed by atoms with Gasteiger partial charge in [0.15, 0.2) is 0 Å². The highest BCUT2D eigenvalue weighted by Crippen LogP contribution is 2.23. The van der Waals surface area contributed by atoms with Gasteiger partial charge in [-0.05, 0) is 6.07 Å². The lowest BCUT2D eigenvalue weighted by molar-refractivity contribution is -0.384. The molecule has 0 aliphatic rings. The third kappa shape index (κ3) is 1.98. The van der Waals surface area contributed by atoms with Crippen molar-refractivity contribution in [2.24, 2.45) is 0 Å². The topological polar surface area (TPSA) is 122 Å². The summed E-state index contributed by atoms with van der Waals surface area (Å²) in [5.74, 6) is -0.353. The quantitative estimate of drug-likeness (QED) is 0.599. The Morgan fingerprint density at radius 3 is 2.60 bits per heavy atom. The van der Waals surface area contributed by atoms with Crippen LogP contribution in [-0.4, -0.2) is 40.7 Å². The first-order chi connectivity index (χ1) is 9.28. The first kappa shape index (κ1) is 13.9. The lowest BCUT2D eigenvalue weighted by Crippen LogP contribution is -2.29. The van der Waals surface area contributed by atoms with Gasteiger partial charge in [-0.25, -0.2) is 4.98 Å². The van der Waals surface area contributed by atoms with Crippen LogP contribution < -0.4 is 0 Å². The van der Waals surface area contributed by atoms with E-state index < -0.39 is 15.1 Å². The van der Waals surface area contributed by atoms with Crippen LogP contribution in [0.5, 0.6) is 0 Å². The van der Waals surface area contributed by atoms with E-state index >= 15 is 0 Å². The lowest BCUT2D eigenvalue weighted by atomic mass is 10.3. The molecule has 0 saturated carbocycles. The summed E-state index contributed by atoms with van der Waals surface area (Å²) in [5, 5.41) is 19.7. The first-order valence-electron chi connectivity index (χ1n) is 5.29. The van der Waals surface area contributed by atoms with E-state index in [9.17, 15) is 18.5 Å². The molecule has 0 radical (unpaired) electrons. The van der Waals surface area contributed by atoms with Crippen LogP contribution in [0.1, 0.15) is 5.82 Å². The van der Waals surface area contributed by atoms with Gasteiger partial charge in [0.1, 0.15) is 6.07 Å². The van der Waals surface area contributed by atoms with Crippen LogP contribution in [0.25, 0.3) is 11.0 Å². The van der Waals surface area contributed by atoms with Crippen LogP contribution in [0.15, 0.2) is 18.2 Å². The van der Waals surface area contributed by atoms with Gasteiger partial charge in [0.25, 0.3) is 5.69 Å². The monoisotopic (exact) mass is 295 g/mol. The summed E-state index contributed by atoms with van der Waals surface area (Å²) in [6.07, 6.45) is 0. The van der Waals surface area contributed by atoms with Crippen molar-refractivity contribution < 1.29 is 13.3 Å². The molecule has 1 aromatic heterocycles. The van der Waals surface area contributed by atoms with Crippen molar-refractivity contribution in [2.45, 2.75) is 0 Å². The summed E-state index contributed by atoms with van der Waals surface area (Å²) in [5.41, 5.74) is -0.0454. The molecular weight excluding hydrogens is 286 g/mol. The van der Waals surface area contributed by atoms with Crippen LogP contribution in [-0.2, 0) is 10.2 Å². The van der Waals surface area contributed by atoms with E-state index in [1.54, 1.807) is 6.07 Å². The van der Waals surface area contributed by atoms with Crippen LogP contribution in [0.2, 0.25) is 0 Å². The second-order valence-electron chi connectivity index (χ2n) is 4.03. The van der Waals surface area contributed by atoms with Gasteiger partial charge in [-0.3, -0.25) is 10.1 Å². The van der Waals surface area contributed by atoms with Crippen LogP contribution in [0.4, 0.5) is 5.69 Å². The third-order valence-electron chi connectivity index (χ3n) is 2.60. The van der Waals surface area contributed by atoms with Crippen molar-refractivity contribution >= 4 is 26.9 Å². The van der Waals surface area contributed by atoms with Gasteiger partial charge in [-0.15, -0.1) is 0 Å². The number of nitrogens with zero attached hydrogens (tertiary/aromatic N) is 5. The van der Waals surface area contributed by atoms with E-state index in [2.05, 4.69) is 4.98 Å². The second-order valence-corrected chi connectivity index (χ2v) is 6.02. The third-order valence-corrected chi connectivity index (χ3v) is 4.35. The number of nitro groups is 1. The standard InChI is InChI=1S/C10H9N5O4S/c1-13(2)20(18,19)14-9-4-3-7(15(16)17)5-8(9)12-10(14)6-11/h3-5H,1-2H3. The molecule has 0 atom stereocenters. The fraction of sp³-hybridized carbons (Fsp3) is 0.200. The molecule has 0 unspecified atom stereocenters. The number of hydrogen-bond donors (Lipinski definition) is 0. The minimum atomic E-state index is -3.94.